The molecule has 1 aliphatic heterocycles. The number of nitrogens with zero attached hydrogens (tertiary/aromatic N) is 3. The Bertz CT molecular complexity index is 1160. The predicted octanol–water partition coefficient (Wildman–Crippen LogP) is 3.74. The number of ether oxygens (including phenoxy) is 1. The number of benzene rings is 2. The van der Waals surface area contributed by atoms with E-state index in [0.29, 0.717) is 32.0 Å². The number of anilines is 4. The Labute approximate surface area is 197 Å². The van der Waals surface area contributed by atoms with E-state index in [-0.39, 0.29) is 46.2 Å². The second-order valence-corrected chi connectivity index (χ2v) is 7.97. The summed E-state index contributed by atoms with van der Waals surface area (Å²) in [6.45, 7) is 2.69. The molecule has 0 spiro atoms. The van der Waals surface area contributed by atoms with Crippen LogP contribution >= 0.6 is 11.6 Å². The molecule has 1 aliphatic rings. The number of carbonyl (C=O) groups excluding carboxylic acids is 1. The molecule has 180 valence electrons. The molecule has 1 saturated heterocycles. The van der Waals surface area contributed by atoms with Crippen molar-refractivity contribution in [2.24, 2.45) is 0 Å². The summed E-state index contributed by atoms with van der Waals surface area (Å²) in [5.41, 5.74) is 5.09. The second kappa shape index (κ2) is 9.87. The number of alkyl halides is 3. The third kappa shape index (κ3) is 5.76. The number of nitrogens with one attached hydrogen (secondary N) is 3. The minimum Gasteiger partial charge on any atom is -0.379 e. The molecule has 9 nitrogen and oxygen atoms in total. The van der Waals surface area contributed by atoms with Crippen LogP contribution in [0.2, 0.25) is 5.02 Å². The SMILES string of the molecule is Nc1nc(Nc2cc(Cl)c(-c3ccc(NC(=O)CN4CCOCC4)cc3)c(C(F)(F)F)c2)n[nH]1. The summed E-state index contributed by atoms with van der Waals surface area (Å²) < 4.78 is 46.9. The summed E-state index contributed by atoms with van der Waals surface area (Å²) in [5, 5.41) is 11.4. The molecule has 0 atom stereocenters. The van der Waals surface area contributed by atoms with E-state index in [0.717, 1.165) is 6.07 Å². The van der Waals surface area contributed by atoms with Crippen LogP contribution in [0.4, 0.5) is 36.4 Å². The van der Waals surface area contributed by atoms with E-state index in [4.69, 9.17) is 22.1 Å². The first kappa shape index (κ1) is 23.8. The molecule has 0 unspecified atom stereocenters. The zero-order valence-corrected chi connectivity index (χ0v) is 18.5. The maximum atomic E-state index is 13.9. The predicted molar refractivity (Wildman–Crippen MR) is 122 cm³/mol. The highest BCUT2D eigenvalue weighted by Crippen LogP contribution is 2.43. The standard InChI is InChI=1S/C21H21ClF3N7O2/c22-16-10-14(28-20-29-19(26)30-31-20)9-15(21(23,24)25)18(16)12-1-3-13(4-2-12)27-17(33)11-32-5-7-34-8-6-32/h1-4,9-10H,5-8,11H2,(H,27,33)(H4,26,28,29,30,31). The third-order valence-corrected chi connectivity index (χ3v) is 5.38. The zero-order valence-electron chi connectivity index (χ0n) is 17.7. The molecule has 2 heterocycles. The van der Waals surface area contributed by atoms with Crippen LogP contribution in [0.1, 0.15) is 5.56 Å². The molecule has 1 amide bonds. The van der Waals surface area contributed by atoms with Crippen LogP contribution < -0.4 is 16.4 Å². The van der Waals surface area contributed by atoms with E-state index >= 15 is 0 Å². The lowest BCUT2D eigenvalue weighted by molar-refractivity contribution is -0.137. The zero-order chi connectivity index (χ0) is 24.3. The Balaban J connectivity index is 1.54. The number of hydrogen-bond donors (Lipinski definition) is 4. The molecule has 1 aromatic heterocycles. The average molecular weight is 496 g/mol. The van der Waals surface area contributed by atoms with Crippen molar-refractivity contribution < 1.29 is 22.7 Å². The van der Waals surface area contributed by atoms with Gasteiger partial charge < -0.3 is 21.1 Å². The molecule has 4 rings (SSSR count). The summed E-state index contributed by atoms with van der Waals surface area (Å²) in [6.07, 6.45) is -4.68. The van der Waals surface area contributed by atoms with E-state index in [1.165, 1.54) is 30.3 Å². The number of aromatic amines is 1. The smallest absolute Gasteiger partial charge is 0.379 e. The molecule has 3 aromatic rings. The van der Waals surface area contributed by atoms with Gasteiger partial charge in [-0.1, -0.05) is 23.7 Å². The van der Waals surface area contributed by atoms with Crippen molar-refractivity contribution in [2.45, 2.75) is 6.18 Å². The Morgan fingerprint density at radius 3 is 2.50 bits per heavy atom. The Morgan fingerprint density at radius 1 is 1.18 bits per heavy atom. The van der Waals surface area contributed by atoms with Crippen LogP contribution in [0.15, 0.2) is 36.4 Å². The number of rotatable bonds is 6. The maximum absolute atomic E-state index is 13.9. The highest BCUT2D eigenvalue weighted by Gasteiger charge is 2.35. The van der Waals surface area contributed by atoms with Crippen molar-refractivity contribution in [1.82, 2.24) is 20.1 Å². The van der Waals surface area contributed by atoms with Crippen molar-refractivity contribution >= 4 is 40.8 Å². The van der Waals surface area contributed by atoms with Gasteiger partial charge in [0.2, 0.25) is 17.8 Å². The fourth-order valence-electron chi connectivity index (χ4n) is 3.54. The minimum atomic E-state index is -4.68. The van der Waals surface area contributed by atoms with Gasteiger partial charge in [0.1, 0.15) is 0 Å². The van der Waals surface area contributed by atoms with Gasteiger partial charge in [0.05, 0.1) is 30.3 Å². The second-order valence-electron chi connectivity index (χ2n) is 7.56. The molecule has 0 aliphatic carbocycles. The van der Waals surface area contributed by atoms with E-state index in [1.54, 1.807) is 0 Å². The number of hydrogen-bond acceptors (Lipinski definition) is 7. The number of aromatic nitrogens is 3. The summed E-state index contributed by atoms with van der Waals surface area (Å²) in [7, 11) is 0. The first-order valence-corrected chi connectivity index (χ1v) is 10.6. The van der Waals surface area contributed by atoms with Crippen LogP contribution in [0, 0.1) is 0 Å². The lowest BCUT2D eigenvalue weighted by Crippen LogP contribution is -2.41. The topological polar surface area (TPSA) is 121 Å². The van der Waals surface area contributed by atoms with Crippen LogP contribution in [-0.2, 0) is 15.7 Å². The number of amides is 1. The Hall–Kier alpha value is -3.35. The van der Waals surface area contributed by atoms with Crippen LogP contribution in [0.3, 0.4) is 0 Å². The van der Waals surface area contributed by atoms with Gasteiger partial charge in [-0.2, -0.15) is 18.2 Å². The van der Waals surface area contributed by atoms with Crippen molar-refractivity contribution in [3.8, 4) is 11.1 Å². The lowest BCUT2D eigenvalue weighted by Gasteiger charge is -2.25. The van der Waals surface area contributed by atoms with Gasteiger partial charge in [-0.25, -0.2) is 5.10 Å². The largest absolute Gasteiger partial charge is 0.417 e. The first-order chi connectivity index (χ1) is 16.2. The number of H-pyrrole nitrogens is 1. The van der Waals surface area contributed by atoms with Gasteiger partial charge >= 0.3 is 6.18 Å². The Kier molecular flexibility index (Phi) is 6.91. The summed E-state index contributed by atoms with van der Waals surface area (Å²) in [6, 6.07) is 8.29. The van der Waals surface area contributed by atoms with Crippen molar-refractivity contribution in [3.63, 3.8) is 0 Å². The molecular weight excluding hydrogens is 475 g/mol. The van der Waals surface area contributed by atoms with Gasteiger partial charge in [-0.3, -0.25) is 9.69 Å². The van der Waals surface area contributed by atoms with Crippen LogP contribution in [0.5, 0.6) is 0 Å². The molecular formula is C21H21ClF3N7O2. The van der Waals surface area contributed by atoms with E-state index in [9.17, 15) is 18.0 Å². The molecule has 2 aromatic carbocycles. The highest BCUT2D eigenvalue weighted by molar-refractivity contribution is 6.34. The highest BCUT2D eigenvalue weighted by atomic mass is 35.5. The summed E-state index contributed by atoms with van der Waals surface area (Å²) in [5.74, 6) is -0.197. The van der Waals surface area contributed by atoms with Gasteiger partial charge in [-0.05, 0) is 29.8 Å². The van der Waals surface area contributed by atoms with Crippen LogP contribution in [-0.4, -0.2) is 58.8 Å². The molecule has 5 N–H and O–H groups in total. The van der Waals surface area contributed by atoms with E-state index in [2.05, 4.69) is 25.8 Å². The number of carbonyl (C=O) groups is 1. The summed E-state index contributed by atoms with van der Waals surface area (Å²) >= 11 is 6.28. The normalized spacial score (nSPS) is 14.7. The number of halogens is 4. The van der Waals surface area contributed by atoms with Crippen LogP contribution in [0.25, 0.3) is 11.1 Å². The maximum Gasteiger partial charge on any atom is 0.417 e. The fourth-order valence-corrected chi connectivity index (χ4v) is 3.87. The molecule has 0 bridgehead atoms. The molecule has 0 saturated carbocycles. The number of morpholine rings is 1. The van der Waals surface area contributed by atoms with Crippen molar-refractivity contribution in [1.29, 1.82) is 0 Å². The average Bonchev–Trinajstić information content (AvgIpc) is 3.18. The van der Waals surface area contributed by atoms with E-state index in [1.807, 2.05) is 4.90 Å². The van der Waals surface area contributed by atoms with Gasteiger partial charge in [0.25, 0.3) is 0 Å². The van der Waals surface area contributed by atoms with Gasteiger partial charge in [0, 0.05) is 30.0 Å². The third-order valence-electron chi connectivity index (χ3n) is 5.08. The van der Waals surface area contributed by atoms with Gasteiger partial charge in [0.15, 0.2) is 0 Å². The minimum absolute atomic E-state index is 0.00612. The summed E-state index contributed by atoms with van der Waals surface area (Å²) in [4.78, 5) is 18.0. The Morgan fingerprint density at radius 2 is 1.88 bits per heavy atom. The quantitative estimate of drug-likeness (QED) is 0.411. The molecule has 34 heavy (non-hydrogen) atoms. The first-order valence-electron chi connectivity index (χ1n) is 10.2. The molecule has 0 radical (unpaired) electrons. The fraction of sp³-hybridized carbons (Fsp3) is 0.286. The number of nitrogen functional groups attached to an aromatic ring is 1. The lowest BCUT2D eigenvalue weighted by atomic mass is 9.98. The monoisotopic (exact) mass is 495 g/mol. The number of nitrogens with two attached hydrogens (primary N) is 1. The van der Waals surface area contributed by atoms with Gasteiger partial charge in [-0.15, -0.1) is 5.10 Å². The van der Waals surface area contributed by atoms with E-state index < -0.39 is 11.7 Å². The molecule has 13 heteroatoms. The van der Waals surface area contributed by atoms with Crippen molar-refractivity contribution in [3.05, 3.63) is 47.0 Å². The van der Waals surface area contributed by atoms with Crippen molar-refractivity contribution in [2.75, 3.05) is 49.2 Å². The molecule has 1 fully saturated rings.